The van der Waals surface area contributed by atoms with Gasteiger partial charge in [-0.25, -0.2) is 0 Å². The summed E-state index contributed by atoms with van der Waals surface area (Å²) in [6.45, 7) is 0.849. The zero-order valence-corrected chi connectivity index (χ0v) is 14.6. The summed E-state index contributed by atoms with van der Waals surface area (Å²) in [5, 5.41) is 4.47. The van der Waals surface area contributed by atoms with E-state index in [4.69, 9.17) is 27.9 Å². The minimum Gasteiger partial charge on any atom is -0.488 e. The monoisotopic (exact) mass is 357 g/mol. The van der Waals surface area contributed by atoms with Gasteiger partial charge in [0.1, 0.15) is 11.9 Å². The third kappa shape index (κ3) is 3.52. The van der Waals surface area contributed by atoms with Gasteiger partial charge in [0.2, 0.25) is 0 Å². The lowest BCUT2D eigenvalue weighted by Crippen LogP contribution is -2.32. The number of aryl methyl sites for hydroxylation is 1. The van der Waals surface area contributed by atoms with Crippen LogP contribution in [0.25, 0.3) is 11.1 Å². The molecule has 1 atom stereocenters. The van der Waals surface area contributed by atoms with Crippen LogP contribution in [0.1, 0.15) is 12.0 Å². The van der Waals surface area contributed by atoms with E-state index in [0.29, 0.717) is 10.0 Å². The van der Waals surface area contributed by atoms with Crippen LogP contribution < -0.4 is 10.1 Å². The van der Waals surface area contributed by atoms with Crippen LogP contribution in [0.3, 0.4) is 0 Å². The highest BCUT2D eigenvalue weighted by atomic mass is 35.5. The first-order valence-electron chi connectivity index (χ1n) is 7.07. The van der Waals surface area contributed by atoms with Crippen LogP contribution in [0.4, 0.5) is 0 Å². The van der Waals surface area contributed by atoms with Gasteiger partial charge in [0.25, 0.3) is 0 Å². The fourth-order valence-electron chi connectivity index (χ4n) is 2.75. The fourth-order valence-corrected chi connectivity index (χ4v) is 3.26. The molecule has 0 unspecified atom stereocenters. The maximum absolute atomic E-state index is 6.35. The SMILES string of the molecule is CNC[C@H]1CCc2cccc(-c3ccc(Cl)cc3Cl)c2O1.Cl. The van der Waals surface area contributed by atoms with Gasteiger partial charge in [-0.05, 0) is 37.6 Å². The third-order valence-electron chi connectivity index (χ3n) is 3.77. The van der Waals surface area contributed by atoms with Crippen molar-refractivity contribution < 1.29 is 4.74 Å². The van der Waals surface area contributed by atoms with E-state index in [0.717, 1.165) is 36.3 Å². The maximum atomic E-state index is 6.35. The zero-order valence-electron chi connectivity index (χ0n) is 12.2. The molecule has 0 radical (unpaired) electrons. The first-order valence-corrected chi connectivity index (χ1v) is 7.83. The van der Waals surface area contributed by atoms with Gasteiger partial charge < -0.3 is 10.1 Å². The first kappa shape index (κ1) is 17.4. The molecule has 5 heteroatoms. The Balaban J connectivity index is 0.00000176. The third-order valence-corrected chi connectivity index (χ3v) is 4.32. The number of benzene rings is 2. The Morgan fingerprint density at radius 3 is 2.73 bits per heavy atom. The Kier molecular flexibility index (Phi) is 5.99. The minimum absolute atomic E-state index is 0. The minimum atomic E-state index is 0. The molecule has 0 fully saturated rings. The van der Waals surface area contributed by atoms with Crippen molar-refractivity contribution in [3.05, 3.63) is 52.0 Å². The Hall–Kier alpha value is -0.930. The van der Waals surface area contributed by atoms with Crippen LogP contribution in [0.15, 0.2) is 36.4 Å². The second-order valence-corrected chi connectivity index (χ2v) is 6.10. The van der Waals surface area contributed by atoms with Gasteiger partial charge in [-0.15, -0.1) is 12.4 Å². The summed E-state index contributed by atoms with van der Waals surface area (Å²) in [5.74, 6) is 0.952. The molecular formula is C17H18Cl3NO. The molecule has 1 heterocycles. The van der Waals surface area contributed by atoms with Crippen LogP contribution >= 0.6 is 35.6 Å². The molecule has 1 aliphatic rings. The molecule has 0 saturated carbocycles. The van der Waals surface area contributed by atoms with Gasteiger partial charge in [0.05, 0.1) is 5.02 Å². The Morgan fingerprint density at radius 1 is 1.18 bits per heavy atom. The molecule has 0 amide bonds. The van der Waals surface area contributed by atoms with Crippen LogP contribution in [0.2, 0.25) is 10.0 Å². The molecule has 2 aromatic rings. The quantitative estimate of drug-likeness (QED) is 0.834. The summed E-state index contributed by atoms with van der Waals surface area (Å²) in [5.41, 5.74) is 3.24. The molecule has 0 aromatic heterocycles. The van der Waals surface area contributed by atoms with Gasteiger partial charge in [0.15, 0.2) is 0 Å². The van der Waals surface area contributed by atoms with Crippen LogP contribution in [0.5, 0.6) is 5.75 Å². The molecule has 3 rings (SSSR count). The summed E-state index contributed by atoms with van der Waals surface area (Å²) >= 11 is 12.3. The van der Waals surface area contributed by atoms with Crippen molar-refractivity contribution in [2.24, 2.45) is 0 Å². The molecule has 0 spiro atoms. The van der Waals surface area contributed by atoms with Gasteiger partial charge in [-0.3, -0.25) is 0 Å². The molecule has 0 aliphatic carbocycles. The van der Waals surface area contributed by atoms with E-state index in [1.165, 1.54) is 5.56 Å². The summed E-state index contributed by atoms with van der Waals surface area (Å²) in [6.07, 6.45) is 2.27. The summed E-state index contributed by atoms with van der Waals surface area (Å²) in [6, 6.07) is 11.8. The van der Waals surface area contributed by atoms with Crippen LogP contribution in [-0.2, 0) is 6.42 Å². The molecule has 0 bridgehead atoms. The normalized spacial score (nSPS) is 16.4. The number of hydrogen-bond donors (Lipinski definition) is 1. The first-order chi connectivity index (χ1) is 10.2. The van der Waals surface area contributed by atoms with Crippen molar-refractivity contribution in [2.45, 2.75) is 18.9 Å². The maximum Gasteiger partial charge on any atom is 0.130 e. The fraction of sp³-hybridized carbons (Fsp3) is 0.294. The molecule has 1 aliphatic heterocycles. The molecule has 118 valence electrons. The van der Waals surface area contributed by atoms with Crippen molar-refractivity contribution in [2.75, 3.05) is 13.6 Å². The number of halogens is 3. The van der Waals surface area contributed by atoms with E-state index in [-0.39, 0.29) is 18.5 Å². The molecule has 0 saturated heterocycles. The van der Waals surface area contributed by atoms with Gasteiger partial charge in [-0.2, -0.15) is 0 Å². The average molecular weight is 359 g/mol. The Labute approximate surface area is 147 Å². The van der Waals surface area contributed by atoms with Crippen molar-refractivity contribution in [1.29, 1.82) is 0 Å². The number of hydrogen-bond acceptors (Lipinski definition) is 2. The lowest BCUT2D eigenvalue weighted by molar-refractivity contribution is 0.174. The number of nitrogens with one attached hydrogen (secondary N) is 1. The number of ether oxygens (including phenoxy) is 1. The predicted octanol–water partition coefficient (Wildman–Crippen LogP) is 5.00. The highest BCUT2D eigenvalue weighted by Gasteiger charge is 2.22. The van der Waals surface area contributed by atoms with Gasteiger partial charge in [0, 0.05) is 22.7 Å². The number of likely N-dealkylation sites (N-methyl/N-ethyl adjacent to an activating group) is 1. The summed E-state index contributed by atoms with van der Waals surface area (Å²) in [4.78, 5) is 0. The van der Waals surface area contributed by atoms with E-state index in [1.54, 1.807) is 6.07 Å². The van der Waals surface area contributed by atoms with Gasteiger partial charge in [-0.1, -0.05) is 47.5 Å². The van der Waals surface area contributed by atoms with E-state index in [1.807, 2.05) is 19.2 Å². The standard InChI is InChI=1S/C17H17Cl2NO.ClH/c1-20-10-13-7-5-11-3-2-4-15(17(11)21-13)14-8-6-12(18)9-16(14)19;/h2-4,6,8-9,13,20H,5,7,10H2,1H3;1H/t13-;/m1./s1. The lowest BCUT2D eigenvalue weighted by atomic mass is 9.95. The lowest BCUT2D eigenvalue weighted by Gasteiger charge is -2.28. The van der Waals surface area contributed by atoms with Crippen molar-refractivity contribution in [1.82, 2.24) is 5.32 Å². The highest BCUT2D eigenvalue weighted by molar-refractivity contribution is 6.36. The molecule has 22 heavy (non-hydrogen) atoms. The average Bonchev–Trinajstić information content (AvgIpc) is 2.47. The van der Waals surface area contributed by atoms with Crippen molar-refractivity contribution >= 4 is 35.6 Å². The zero-order chi connectivity index (χ0) is 14.8. The van der Waals surface area contributed by atoms with E-state index in [2.05, 4.69) is 23.5 Å². The van der Waals surface area contributed by atoms with Gasteiger partial charge >= 0.3 is 0 Å². The molecule has 1 N–H and O–H groups in total. The smallest absolute Gasteiger partial charge is 0.130 e. The van der Waals surface area contributed by atoms with Crippen molar-refractivity contribution in [3.63, 3.8) is 0 Å². The summed E-state index contributed by atoms with van der Waals surface area (Å²) < 4.78 is 6.19. The van der Waals surface area contributed by atoms with E-state index < -0.39 is 0 Å². The molecule has 2 nitrogen and oxygen atoms in total. The number of fused-ring (bicyclic) bond motifs is 1. The van der Waals surface area contributed by atoms with E-state index in [9.17, 15) is 0 Å². The predicted molar refractivity (Wildman–Crippen MR) is 95.8 cm³/mol. The number of para-hydroxylation sites is 1. The Bertz CT molecular complexity index is 660. The van der Waals surface area contributed by atoms with Crippen molar-refractivity contribution in [3.8, 4) is 16.9 Å². The summed E-state index contributed by atoms with van der Waals surface area (Å²) in [7, 11) is 1.95. The Morgan fingerprint density at radius 2 is 2.00 bits per heavy atom. The number of rotatable bonds is 3. The highest BCUT2D eigenvalue weighted by Crippen LogP contribution is 2.40. The largest absolute Gasteiger partial charge is 0.488 e. The molecular weight excluding hydrogens is 341 g/mol. The van der Waals surface area contributed by atoms with E-state index >= 15 is 0 Å². The van der Waals surface area contributed by atoms with Crippen LogP contribution in [0, 0.1) is 0 Å². The van der Waals surface area contributed by atoms with Crippen LogP contribution in [-0.4, -0.2) is 19.7 Å². The second-order valence-electron chi connectivity index (χ2n) is 5.25. The topological polar surface area (TPSA) is 21.3 Å². The molecule has 2 aromatic carbocycles. The second kappa shape index (κ2) is 7.56.